The maximum Gasteiger partial charge on any atom is 0.337 e. The van der Waals surface area contributed by atoms with Crippen LogP contribution in [0.1, 0.15) is 48.4 Å². The molecule has 0 amide bonds. The molecule has 0 radical (unpaired) electrons. The number of hydrogen-bond donors (Lipinski definition) is 2. The van der Waals surface area contributed by atoms with Crippen molar-refractivity contribution < 1.29 is 14.6 Å². The smallest absolute Gasteiger partial charge is 0.337 e. The van der Waals surface area contributed by atoms with E-state index in [1.165, 1.54) is 0 Å². The Morgan fingerprint density at radius 1 is 1.33 bits per heavy atom. The molecule has 0 aliphatic heterocycles. The number of aromatic nitrogens is 1. The lowest BCUT2D eigenvalue weighted by Gasteiger charge is -2.15. The monoisotopic (exact) mass is 348 g/mol. The Hall–Kier alpha value is -2.27. The van der Waals surface area contributed by atoms with Gasteiger partial charge in [-0.1, -0.05) is 31.5 Å². The molecule has 0 aliphatic carbocycles. The number of carboxylic acids is 1. The Morgan fingerprint density at radius 3 is 2.71 bits per heavy atom. The van der Waals surface area contributed by atoms with Gasteiger partial charge in [-0.3, -0.25) is 4.98 Å². The van der Waals surface area contributed by atoms with Crippen LogP contribution in [-0.2, 0) is 6.54 Å². The molecular weight excluding hydrogens is 328 g/mol. The molecule has 0 saturated heterocycles. The molecule has 0 spiro atoms. The molecule has 5 nitrogen and oxygen atoms in total. The Labute approximate surface area is 146 Å². The molecule has 0 atom stereocenters. The number of nitrogens with one attached hydrogen (secondary N) is 1. The second-order valence-corrected chi connectivity index (χ2v) is 6.00. The van der Waals surface area contributed by atoms with Gasteiger partial charge in [0.05, 0.1) is 35.1 Å². The Kier molecular flexibility index (Phi) is 6.04. The number of halogens is 1. The highest BCUT2D eigenvalue weighted by atomic mass is 35.5. The van der Waals surface area contributed by atoms with Gasteiger partial charge in [0.25, 0.3) is 0 Å². The van der Waals surface area contributed by atoms with E-state index in [-0.39, 0.29) is 18.0 Å². The predicted octanol–water partition coefficient (Wildman–Crippen LogP) is 4.57. The standard InChI is InChI=1S/C18H21ClN2O3/c1-4-24-17-13(19)6-5-7-15(17)20-10-16-12(18(22)23)8-9-14(21-16)11(2)3/h5-9,11,20H,4,10H2,1-3H3,(H,22,23). The number of benzene rings is 1. The molecule has 1 heterocycles. The first-order chi connectivity index (χ1) is 11.4. The van der Waals surface area contributed by atoms with Crippen LogP contribution in [0.5, 0.6) is 5.75 Å². The quantitative estimate of drug-likeness (QED) is 0.767. The van der Waals surface area contributed by atoms with E-state index in [2.05, 4.69) is 10.3 Å². The van der Waals surface area contributed by atoms with Crippen molar-refractivity contribution in [1.82, 2.24) is 4.98 Å². The van der Waals surface area contributed by atoms with E-state index in [1.54, 1.807) is 18.2 Å². The number of anilines is 1. The van der Waals surface area contributed by atoms with Gasteiger partial charge in [0.15, 0.2) is 5.75 Å². The molecule has 2 rings (SSSR count). The number of ether oxygens (including phenoxy) is 1. The highest BCUT2D eigenvalue weighted by Crippen LogP contribution is 2.33. The fourth-order valence-corrected chi connectivity index (χ4v) is 2.52. The largest absolute Gasteiger partial charge is 0.490 e. The summed E-state index contributed by atoms with van der Waals surface area (Å²) in [5.41, 5.74) is 2.23. The van der Waals surface area contributed by atoms with Crippen LogP contribution in [0.3, 0.4) is 0 Å². The summed E-state index contributed by atoms with van der Waals surface area (Å²) in [5.74, 6) is -0.221. The van der Waals surface area contributed by atoms with Gasteiger partial charge >= 0.3 is 5.97 Å². The first-order valence-electron chi connectivity index (χ1n) is 7.82. The van der Waals surface area contributed by atoms with Crippen LogP contribution in [0, 0.1) is 0 Å². The third kappa shape index (κ3) is 4.17. The van der Waals surface area contributed by atoms with E-state index in [9.17, 15) is 9.90 Å². The highest BCUT2D eigenvalue weighted by molar-refractivity contribution is 6.32. The zero-order valence-corrected chi connectivity index (χ0v) is 14.7. The number of rotatable bonds is 7. The molecule has 2 N–H and O–H groups in total. The number of aromatic carboxylic acids is 1. The SMILES string of the molecule is CCOc1c(Cl)cccc1NCc1nc(C(C)C)ccc1C(=O)O. The van der Waals surface area contributed by atoms with E-state index < -0.39 is 5.97 Å². The zero-order valence-electron chi connectivity index (χ0n) is 14.0. The van der Waals surface area contributed by atoms with Gasteiger partial charge in [-0.15, -0.1) is 0 Å². The second-order valence-electron chi connectivity index (χ2n) is 5.59. The first-order valence-corrected chi connectivity index (χ1v) is 8.20. The summed E-state index contributed by atoms with van der Waals surface area (Å²) in [4.78, 5) is 15.9. The Balaban J connectivity index is 2.30. The minimum Gasteiger partial charge on any atom is -0.490 e. The lowest BCUT2D eigenvalue weighted by atomic mass is 10.1. The number of para-hydroxylation sites is 1. The number of carboxylic acid groups (broad SMARTS) is 1. The lowest BCUT2D eigenvalue weighted by molar-refractivity contribution is 0.0695. The minimum atomic E-state index is -0.995. The molecule has 1 aromatic heterocycles. The number of pyridine rings is 1. The molecule has 0 saturated carbocycles. The third-order valence-electron chi connectivity index (χ3n) is 3.52. The minimum absolute atomic E-state index is 0.187. The van der Waals surface area contributed by atoms with Crippen molar-refractivity contribution in [3.05, 3.63) is 52.3 Å². The van der Waals surface area contributed by atoms with Crippen LogP contribution in [0.25, 0.3) is 0 Å². The molecule has 0 fully saturated rings. The summed E-state index contributed by atoms with van der Waals surface area (Å²) in [5, 5.41) is 13.0. The molecule has 128 valence electrons. The van der Waals surface area contributed by atoms with Crippen molar-refractivity contribution in [3.8, 4) is 5.75 Å². The maximum absolute atomic E-state index is 11.4. The van der Waals surface area contributed by atoms with Crippen LogP contribution < -0.4 is 10.1 Å². The molecule has 6 heteroatoms. The predicted molar refractivity (Wildman–Crippen MR) is 95.2 cm³/mol. The van der Waals surface area contributed by atoms with E-state index >= 15 is 0 Å². The number of nitrogens with zero attached hydrogens (tertiary/aromatic N) is 1. The summed E-state index contributed by atoms with van der Waals surface area (Å²) < 4.78 is 5.56. The van der Waals surface area contributed by atoms with Gasteiger partial charge in [0.2, 0.25) is 0 Å². The molecule has 0 unspecified atom stereocenters. The summed E-state index contributed by atoms with van der Waals surface area (Å²) in [6.07, 6.45) is 0. The van der Waals surface area contributed by atoms with Gasteiger partial charge in [-0.05, 0) is 37.1 Å². The summed E-state index contributed by atoms with van der Waals surface area (Å²) in [7, 11) is 0. The fraction of sp³-hybridized carbons (Fsp3) is 0.333. The van der Waals surface area contributed by atoms with Gasteiger partial charge in [-0.2, -0.15) is 0 Å². The van der Waals surface area contributed by atoms with Crippen LogP contribution in [0.4, 0.5) is 5.69 Å². The molecule has 24 heavy (non-hydrogen) atoms. The van der Waals surface area contributed by atoms with E-state index in [1.807, 2.05) is 32.9 Å². The van der Waals surface area contributed by atoms with Crippen LogP contribution in [-0.4, -0.2) is 22.7 Å². The first kappa shape index (κ1) is 18.1. The van der Waals surface area contributed by atoms with Crippen molar-refractivity contribution in [2.24, 2.45) is 0 Å². The van der Waals surface area contributed by atoms with E-state index in [0.29, 0.717) is 28.8 Å². The van der Waals surface area contributed by atoms with Gasteiger partial charge in [0, 0.05) is 5.69 Å². The van der Waals surface area contributed by atoms with E-state index in [4.69, 9.17) is 16.3 Å². The van der Waals surface area contributed by atoms with Crippen LogP contribution in [0.15, 0.2) is 30.3 Å². The second kappa shape index (κ2) is 8.02. The van der Waals surface area contributed by atoms with Gasteiger partial charge < -0.3 is 15.2 Å². The number of carbonyl (C=O) groups is 1. The molecule has 1 aromatic carbocycles. The highest BCUT2D eigenvalue weighted by Gasteiger charge is 2.15. The summed E-state index contributed by atoms with van der Waals surface area (Å²) in [6.45, 7) is 6.67. The molecule has 0 aliphatic rings. The topological polar surface area (TPSA) is 71.5 Å². The van der Waals surface area contributed by atoms with Gasteiger partial charge in [0.1, 0.15) is 0 Å². The lowest BCUT2D eigenvalue weighted by Crippen LogP contribution is -2.12. The molecular formula is C18H21ClN2O3. The molecule has 2 aromatic rings. The van der Waals surface area contributed by atoms with Crippen LogP contribution >= 0.6 is 11.6 Å². The normalized spacial score (nSPS) is 10.7. The maximum atomic E-state index is 11.4. The average molecular weight is 349 g/mol. The van der Waals surface area contributed by atoms with Crippen molar-refractivity contribution in [3.63, 3.8) is 0 Å². The van der Waals surface area contributed by atoms with Gasteiger partial charge in [-0.25, -0.2) is 4.79 Å². The van der Waals surface area contributed by atoms with Crippen molar-refractivity contribution in [1.29, 1.82) is 0 Å². The van der Waals surface area contributed by atoms with Crippen molar-refractivity contribution in [2.75, 3.05) is 11.9 Å². The van der Waals surface area contributed by atoms with E-state index in [0.717, 1.165) is 5.69 Å². The Morgan fingerprint density at radius 2 is 2.08 bits per heavy atom. The Bertz CT molecular complexity index is 732. The van der Waals surface area contributed by atoms with Crippen LogP contribution in [0.2, 0.25) is 5.02 Å². The van der Waals surface area contributed by atoms with Crippen molar-refractivity contribution >= 4 is 23.3 Å². The number of hydrogen-bond acceptors (Lipinski definition) is 4. The third-order valence-corrected chi connectivity index (χ3v) is 3.82. The van der Waals surface area contributed by atoms with Crippen molar-refractivity contribution in [2.45, 2.75) is 33.2 Å². The summed E-state index contributed by atoms with van der Waals surface area (Å²) >= 11 is 6.16. The fourth-order valence-electron chi connectivity index (χ4n) is 2.29. The zero-order chi connectivity index (χ0) is 17.7. The summed E-state index contributed by atoms with van der Waals surface area (Å²) in [6, 6.07) is 8.75. The molecule has 0 bridgehead atoms. The average Bonchev–Trinajstić information content (AvgIpc) is 2.55.